The van der Waals surface area contributed by atoms with Crippen LogP contribution in [0.5, 0.6) is 11.5 Å². The molecule has 1 fully saturated rings. The first-order chi connectivity index (χ1) is 15.9. The molecule has 1 N–H and O–H groups in total. The molecule has 2 aromatic carbocycles. The van der Waals surface area contributed by atoms with Gasteiger partial charge in [0, 0.05) is 16.0 Å². The predicted molar refractivity (Wildman–Crippen MR) is 127 cm³/mol. The maximum Gasteiger partial charge on any atom is 0.295 e. The van der Waals surface area contributed by atoms with Gasteiger partial charge >= 0.3 is 0 Å². The third-order valence-corrected chi connectivity index (χ3v) is 6.31. The van der Waals surface area contributed by atoms with Crippen LogP contribution in [0.15, 0.2) is 71.6 Å². The quantitative estimate of drug-likeness (QED) is 0.297. The smallest absolute Gasteiger partial charge is 0.295 e. The number of ether oxygens (including phenoxy) is 2. The number of ketones is 1. The van der Waals surface area contributed by atoms with E-state index in [-0.39, 0.29) is 24.0 Å². The molecule has 0 spiro atoms. The van der Waals surface area contributed by atoms with Crippen LogP contribution in [0.2, 0.25) is 0 Å². The third-order valence-electron chi connectivity index (χ3n) is 5.39. The largest absolute Gasteiger partial charge is 0.507 e. The number of para-hydroxylation sites is 1. The van der Waals surface area contributed by atoms with Crippen LogP contribution in [0.3, 0.4) is 0 Å². The number of benzene rings is 2. The molecule has 1 atom stereocenters. The summed E-state index contributed by atoms with van der Waals surface area (Å²) in [6, 6.07) is 17.3. The Morgan fingerprint density at radius 2 is 1.79 bits per heavy atom. The summed E-state index contributed by atoms with van der Waals surface area (Å²) in [5, 5.41) is 13.0. The number of carbonyl (C=O) groups excluding carboxylic acids is 2. The Kier molecular flexibility index (Phi) is 6.51. The zero-order valence-corrected chi connectivity index (χ0v) is 19.5. The van der Waals surface area contributed by atoms with E-state index in [0.717, 1.165) is 10.4 Å². The zero-order chi connectivity index (χ0) is 23.5. The molecule has 3 aromatic rings. The van der Waals surface area contributed by atoms with Crippen molar-refractivity contribution in [2.45, 2.75) is 32.5 Å². The second-order valence-corrected chi connectivity index (χ2v) is 8.92. The minimum atomic E-state index is -0.705. The number of likely N-dealkylation sites (tertiary alicyclic amines) is 1. The first-order valence-electron chi connectivity index (χ1n) is 10.6. The van der Waals surface area contributed by atoms with Gasteiger partial charge in [0.15, 0.2) is 0 Å². The van der Waals surface area contributed by atoms with Gasteiger partial charge < -0.3 is 19.5 Å². The van der Waals surface area contributed by atoms with E-state index < -0.39 is 17.7 Å². The number of hydrogen-bond donors (Lipinski definition) is 1. The maximum absolute atomic E-state index is 13.1. The Labute approximate surface area is 196 Å². The van der Waals surface area contributed by atoms with Gasteiger partial charge in [-0.1, -0.05) is 24.3 Å². The summed E-state index contributed by atoms with van der Waals surface area (Å²) in [7, 11) is 1.57. The molecule has 170 valence electrons. The standard InChI is InChI=1S/C26H25NO5S/c1-16(2)32-19-12-10-17(11-13-19)24(28)22-23(21-9-6-14-33-21)27(26(30)25(22)29)15-18-7-4-5-8-20(18)31-3/h4-14,16,23,28H,15H2,1-3H3/b24-22-. The van der Waals surface area contributed by atoms with E-state index in [4.69, 9.17) is 9.47 Å². The lowest BCUT2D eigenvalue weighted by Crippen LogP contribution is -2.29. The van der Waals surface area contributed by atoms with E-state index in [0.29, 0.717) is 17.1 Å². The van der Waals surface area contributed by atoms with Crippen molar-refractivity contribution in [2.24, 2.45) is 0 Å². The predicted octanol–water partition coefficient (Wildman–Crippen LogP) is 5.17. The summed E-state index contributed by atoms with van der Waals surface area (Å²) in [6.07, 6.45) is 0.0172. The number of carbonyl (C=O) groups is 2. The van der Waals surface area contributed by atoms with Crippen LogP contribution in [0.25, 0.3) is 5.76 Å². The Bertz CT molecular complexity index is 1180. The van der Waals surface area contributed by atoms with Gasteiger partial charge in [0.1, 0.15) is 17.3 Å². The van der Waals surface area contributed by atoms with Gasteiger partial charge in [-0.15, -0.1) is 11.3 Å². The molecule has 0 saturated carbocycles. The summed E-state index contributed by atoms with van der Waals surface area (Å²) < 4.78 is 11.1. The van der Waals surface area contributed by atoms with Crippen LogP contribution in [0, 0.1) is 0 Å². The van der Waals surface area contributed by atoms with Gasteiger partial charge in [0.05, 0.1) is 31.4 Å². The van der Waals surface area contributed by atoms with Gasteiger partial charge in [-0.05, 0) is 55.6 Å². The number of rotatable bonds is 7. The molecule has 1 aromatic heterocycles. The topological polar surface area (TPSA) is 76.1 Å². The molecule has 33 heavy (non-hydrogen) atoms. The average Bonchev–Trinajstić information content (AvgIpc) is 3.42. The van der Waals surface area contributed by atoms with Crippen molar-refractivity contribution in [3.8, 4) is 11.5 Å². The van der Waals surface area contributed by atoms with Crippen molar-refractivity contribution in [1.82, 2.24) is 4.90 Å². The van der Waals surface area contributed by atoms with Crippen LogP contribution < -0.4 is 9.47 Å². The van der Waals surface area contributed by atoms with Crippen LogP contribution in [-0.4, -0.2) is 34.9 Å². The maximum atomic E-state index is 13.1. The number of methoxy groups -OCH3 is 1. The van der Waals surface area contributed by atoms with Crippen LogP contribution in [0.1, 0.15) is 35.9 Å². The highest BCUT2D eigenvalue weighted by atomic mass is 32.1. The minimum absolute atomic E-state index is 0.0172. The van der Waals surface area contributed by atoms with Gasteiger partial charge in [0.2, 0.25) is 0 Å². The SMILES string of the molecule is COc1ccccc1CN1C(=O)C(=O)/C(=C(\O)c2ccc(OC(C)C)cc2)C1c1cccs1. The van der Waals surface area contributed by atoms with E-state index in [1.165, 1.54) is 16.2 Å². The van der Waals surface area contributed by atoms with E-state index in [2.05, 4.69) is 0 Å². The molecule has 0 aliphatic carbocycles. The fourth-order valence-electron chi connectivity index (χ4n) is 3.92. The normalized spacial score (nSPS) is 17.6. The van der Waals surface area contributed by atoms with Gasteiger partial charge in [-0.3, -0.25) is 9.59 Å². The van der Waals surface area contributed by atoms with E-state index in [1.54, 1.807) is 31.4 Å². The molecule has 1 amide bonds. The summed E-state index contributed by atoms with van der Waals surface area (Å²) in [5.41, 5.74) is 1.30. The van der Waals surface area contributed by atoms with Crippen molar-refractivity contribution in [3.63, 3.8) is 0 Å². The summed E-state index contributed by atoms with van der Waals surface area (Å²) in [6.45, 7) is 4.03. The number of thiophene rings is 1. The van der Waals surface area contributed by atoms with Crippen molar-refractivity contribution in [1.29, 1.82) is 0 Å². The average molecular weight is 464 g/mol. The van der Waals surface area contributed by atoms with Crippen molar-refractivity contribution >= 4 is 28.8 Å². The second kappa shape index (κ2) is 9.50. The molecule has 0 radical (unpaired) electrons. The first kappa shape index (κ1) is 22.6. The highest BCUT2D eigenvalue weighted by Crippen LogP contribution is 2.42. The number of Topliss-reactive ketones (excluding diaryl/α,β-unsaturated/α-hetero) is 1. The Hall–Kier alpha value is -3.58. The Balaban J connectivity index is 1.77. The lowest BCUT2D eigenvalue weighted by atomic mass is 9.99. The highest BCUT2D eigenvalue weighted by molar-refractivity contribution is 7.10. The molecule has 6 nitrogen and oxygen atoms in total. The van der Waals surface area contributed by atoms with Gasteiger partial charge in [0.25, 0.3) is 11.7 Å². The van der Waals surface area contributed by atoms with E-state index in [9.17, 15) is 14.7 Å². The molecule has 1 unspecified atom stereocenters. The van der Waals surface area contributed by atoms with Crippen molar-refractivity contribution < 1.29 is 24.2 Å². The van der Waals surface area contributed by atoms with Crippen molar-refractivity contribution in [2.75, 3.05) is 7.11 Å². The molecular weight excluding hydrogens is 438 g/mol. The number of aliphatic hydroxyl groups excluding tert-OH is 1. The highest BCUT2D eigenvalue weighted by Gasteiger charge is 2.46. The molecule has 2 heterocycles. The van der Waals surface area contributed by atoms with Crippen LogP contribution in [0.4, 0.5) is 0 Å². The number of hydrogen-bond acceptors (Lipinski definition) is 6. The fraction of sp³-hybridized carbons (Fsp3) is 0.231. The lowest BCUT2D eigenvalue weighted by molar-refractivity contribution is -0.140. The second-order valence-electron chi connectivity index (χ2n) is 7.95. The molecule has 1 aliphatic heterocycles. The fourth-order valence-corrected chi connectivity index (χ4v) is 4.77. The van der Waals surface area contributed by atoms with E-state index in [1.807, 2.05) is 55.6 Å². The number of aliphatic hydroxyl groups is 1. The summed E-state index contributed by atoms with van der Waals surface area (Å²) in [4.78, 5) is 28.5. The molecular formula is C26H25NO5S. The minimum Gasteiger partial charge on any atom is -0.507 e. The summed E-state index contributed by atoms with van der Waals surface area (Å²) in [5.74, 6) is -0.271. The first-order valence-corrected chi connectivity index (χ1v) is 11.5. The van der Waals surface area contributed by atoms with Crippen molar-refractivity contribution in [3.05, 3.63) is 87.6 Å². The lowest BCUT2D eigenvalue weighted by Gasteiger charge is -2.25. The van der Waals surface area contributed by atoms with Gasteiger partial charge in [-0.25, -0.2) is 0 Å². The number of nitrogens with zero attached hydrogens (tertiary/aromatic N) is 1. The molecule has 0 bridgehead atoms. The Morgan fingerprint density at radius 1 is 1.06 bits per heavy atom. The van der Waals surface area contributed by atoms with E-state index >= 15 is 0 Å². The monoisotopic (exact) mass is 463 g/mol. The van der Waals surface area contributed by atoms with Crippen LogP contribution in [-0.2, 0) is 16.1 Å². The molecule has 1 aliphatic rings. The number of amides is 1. The van der Waals surface area contributed by atoms with Gasteiger partial charge in [-0.2, -0.15) is 0 Å². The zero-order valence-electron chi connectivity index (χ0n) is 18.6. The molecule has 1 saturated heterocycles. The Morgan fingerprint density at radius 3 is 2.42 bits per heavy atom. The van der Waals surface area contributed by atoms with Crippen LogP contribution >= 0.6 is 11.3 Å². The third kappa shape index (κ3) is 4.50. The molecule has 4 rings (SSSR count). The molecule has 7 heteroatoms. The summed E-state index contributed by atoms with van der Waals surface area (Å²) >= 11 is 1.43.